The summed E-state index contributed by atoms with van der Waals surface area (Å²) in [6.45, 7) is 4.87. The van der Waals surface area contributed by atoms with Crippen molar-refractivity contribution in [1.82, 2.24) is 4.90 Å². The fourth-order valence-corrected chi connectivity index (χ4v) is 1.97. The van der Waals surface area contributed by atoms with Crippen molar-refractivity contribution in [2.45, 2.75) is 26.4 Å². The number of carbonyl (C=O) groups excluding carboxylic acids is 1. The summed E-state index contributed by atoms with van der Waals surface area (Å²) in [6.07, 6.45) is 0. The first kappa shape index (κ1) is 18.3. The van der Waals surface area contributed by atoms with Crippen molar-refractivity contribution in [3.8, 4) is 17.6 Å². The lowest BCUT2D eigenvalue weighted by Gasteiger charge is -2.25. The van der Waals surface area contributed by atoms with Crippen molar-refractivity contribution in [3.05, 3.63) is 29.8 Å². The summed E-state index contributed by atoms with van der Waals surface area (Å²) in [5.41, 5.74) is 1.17. The molecule has 22 heavy (non-hydrogen) atoms. The molecule has 0 fully saturated rings. The molecule has 1 rings (SSSR count). The molecule has 0 spiro atoms. The van der Waals surface area contributed by atoms with Crippen LogP contribution in [0.2, 0.25) is 0 Å². The molecule has 0 aliphatic heterocycles. The minimum Gasteiger partial charge on any atom is -0.497 e. The van der Waals surface area contributed by atoms with Crippen LogP contribution in [0.4, 0.5) is 0 Å². The Morgan fingerprint density at radius 2 is 2.00 bits per heavy atom. The van der Waals surface area contributed by atoms with Gasteiger partial charge in [-0.15, -0.1) is 11.6 Å². The molecule has 0 aromatic heterocycles. The van der Waals surface area contributed by atoms with Gasteiger partial charge in [0.05, 0.1) is 13.7 Å². The topological polar surface area (TPSA) is 38.8 Å². The summed E-state index contributed by atoms with van der Waals surface area (Å²) in [6, 6.07) is 8.13. The van der Waals surface area contributed by atoms with Crippen molar-refractivity contribution >= 4 is 17.6 Å². The van der Waals surface area contributed by atoms with Crippen molar-refractivity contribution < 1.29 is 14.3 Å². The molecule has 5 heteroatoms. The van der Waals surface area contributed by atoms with Crippen molar-refractivity contribution in [3.63, 3.8) is 0 Å². The third-order valence-electron chi connectivity index (χ3n) is 3.15. The Bertz CT molecular complexity index is 519. The van der Waals surface area contributed by atoms with Gasteiger partial charge in [0.25, 0.3) is 0 Å². The van der Waals surface area contributed by atoms with Gasteiger partial charge in [-0.05, 0) is 24.6 Å². The highest BCUT2D eigenvalue weighted by atomic mass is 35.5. The van der Waals surface area contributed by atoms with Gasteiger partial charge >= 0.3 is 5.97 Å². The average molecular weight is 324 g/mol. The smallest absolute Gasteiger partial charge is 0.303 e. The molecule has 0 radical (unpaired) electrons. The number of methoxy groups -OCH3 is 1. The number of hydrogen-bond acceptors (Lipinski definition) is 4. The van der Waals surface area contributed by atoms with Crippen LogP contribution in [-0.4, -0.2) is 43.1 Å². The van der Waals surface area contributed by atoms with Gasteiger partial charge in [-0.3, -0.25) is 9.69 Å². The zero-order chi connectivity index (χ0) is 16.4. The summed E-state index contributed by atoms with van der Waals surface area (Å²) in [5, 5.41) is 0. The van der Waals surface area contributed by atoms with Gasteiger partial charge in [0.15, 0.2) is 6.61 Å². The molecule has 0 aliphatic carbocycles. The summed E-state index contributed by atoms with van der Waals surface area (Å²) in [5.74, 6) is 6.89. The molecular weight excluding hydrogens is 302 g/mol. The van der Waals surface area contributed by atoms with Crippen LogP contribution in [0.3, 0.4) is 0 Å². The molecular formula is C17H22ClNO3. The maximum atomic E-state index is 10.7. The molecule has 0 saturated heterocycles. The van der Waals surface area contributed by atoms with E-state index in [0.717, 1.165) is 12.3 Å². The summed E-state index contributed by atoms with van der Waals surface area (Å²) in [4.78, 5) is 12.8. The van der Waals surface area contributed by atoms with Crippen molar-refractivity contribution in [2.24, 2.45) is 0 Å². The number of alkyl halides is 1. The lowest BCUT2D eigenvalue weighted by Crippen LogP contribution is -2.34. The molecule has 120 valence electrons. The number of hydrogen-bond donors (Lipinski definition) is 0. The fraction of sp³-hybridized carbons (Fsp3) is 0.471. The number of esters is 1. The first-order chi connectivity index (χ1) is 10.6. The van der Waals surface area contributed by atoms with E-state index in [1.54, 1.807) is 7.11 Å². The Kier molecular flexibility index (Phi) is 8.42. The van der Waals surface area contributed by atoms with E-state index >= 15 is 0 Å². The van der Waals surface area contributed by atoms with Gasteiger partial charge in [0.1, 0.15) is 5.75 Å². The fourth-order valence-electron chi connectivity index (χ4n) is 1.78. The van der Waals surface area contributed by atoms with Crippen molar-refractivity contribution in [2.75, 3.05) is 26.1 Å². The molecule has 0 unspecified atom stereocenters. The van der Waals surface area contributed by atoms with Crippen LogP contribution in [0.15, 0.2) is 24.3 Å². The van der Waals surface area contributed by atoms with E-state index in [4.69, 9.17) is 21.1 Å². The zero-order valence-electron chi connectivity index (χ0n) is 13.3. The van der Waals surface area contributed by atoms with Crippen LogP contribution in [0.1, 0.15) is 19.4 Å². The van der Waals surface area contributed by atoms with Crippen LogP contribution in [-0.2, 0) is 16.1 Å². The largest absolute Gasteiger partial charge is 0.497 e. The van der Waals surface area contributed by atoms with E-state index in [2.05, 4.69) is 23.7 Å². The molecule has 0 amide bonds. The number of benzene rings is 1. The third-order valence-corrected chi connectivity index (χ3v) is 3.59. The van der Waals surface area contributed by atoms with Crippen LogP contribution in [0, 0.1) is 11.8 Å². The Labute approximate surface area is 137 Å². The minimum absolute atomic E-state index is 0.126. The van der Waals surface area contributed by atoms with Gasteiger partial charge in [0.2, 0.25) is 0 Å². The van der Waals surface area contributed by atoms with E-state index in [-0.39, 0.29) is 18.6 Å². The van der Waals surface area contributed by atoms with E-state index in [9.17, 15) is 4.79 Å². The second kappa shape index (κ2) is 10.1. The third kappa shape index (κ3) is 6.84. The summed E-state index contributed by atoms with van der Waals surface area (Å²) in [7, 11) is 1.65. The standard InChI is InChI=1S/C17H22ClNO3/c1-14(12-18)19(10-4-5-11-22-15(2)20)13-16-6-8-17(21-3)9-7-16/h6-9,14H,10-13H2,1-3H3/t14-/m0/s1. The second-order valence-electron chi connectivity index (χ2n) is 4.89. The Balaban J connectivity index is 2.61. The maximum absolute atomic E-state index is 10.7. The Morgan fingerprint density at radius 3 is 2.55 bits per heavy atom. The molecule has 0 aliphatic rings. The summed E-state index contributed by atoms with van der Waals surface area (Å²) < 4.78 is 9.94. The van der Waals surface area contributed by atoms with Crippen LogP contribution in [0.5, 0.6) is 5.75 Å². The number of rotatable bonds is 7. The van der Waals surface area contributed by atoms with Gasteiger partial charge < -0.3 is 9.47 Å². The van der Waals surface area contributed by atoms with E-state index in [1.165, 1.54) is 12.5 Å². The van der Waals surface area contributed by atoms with Gasteiger partial charge in [-0.1, -0.05) is 24.0 Å². The van der Waals surface area contributed by atoms with E-state index in [0.29, 0.717) is 12.4 Å². The van der Waals surface area contributed by atoms with E-state index < -0.39 is 0 Å². The Morgan fingerprint density at radius 1 is 1.32 bits per heavy atom. The number of ether oxygens (including phenoxy) is 2. The molecule has 1 atom stereocenters. The molecule has 1 aromatic rings. The quantitative estimate of drug-likeness (QED) is 0.439. The van der Waals surface area contributed by atoms with Crippen LogP contribution >= 0.6 is 11.6 Å². The number of halogens is 1. The lowest BCUT2D eigenvalue weighted by molar-refractivity contribution is -0.139. The van der Waals surface area contributed by atoms with Gasteiger partial charge in [0, 0.05) is 25.4 Å². The first-order valence-electron chi connectivity index (χ1n) is 7.08. The normalized spacial score (nSPS) is 11.5. The van der Waals surface area contributed by atoms with E-state index in [1.807, 2.05) is 24.3 Å². The predicted molar refractivity (Wildman–Crippen MR) is 88.0 cm³/mol. The van der Waals surface area contributed by atoms with Gasteiger partial charge in [-0.2, -0.15) is 0 Å². The molecule has 4 nitrogen and oxygen atoms in total. The maximum Gasteiger partial charge on any atom is 0.303 e. The van der Waals surface area contributed by atoms with Gasteiger partial charge in [-0.25, -0.2) is 0 Å². The second-order valence-corrected chi connectivity index (χ2v) is 5.20. The Hall–Kier alpha value is -1.70. The monoisotopic (exact) mass is 323 g/mol. The highest BCUT2D eigenvalue weighted by molar-refractivity contribution is 6.18. The van der Waals surface area contributed by atoms with Crippen LogP contribution in [0.25, 0.3) is 0 Å². The molecule has 0 bridgehead atoms. The molecule has 1 aromatic carbocycles. The predicted octanol–water partition coefficient (Wildman–Crippen LogP) is 2.69. The summed E-state index contributed by atoms with van der Waals surface area (Å²) >= 11 is 5.96. The molecule has 0 saturated carbocycles. The molecule has 0 heterocycles. The highest BCUT2D eigenvalue weighted by Gasteiger charge is 2.12. The first-order valence-corrected chi connectivity index (χ1v) is 7.62. The molecule has 0 N–H and O–H groups in total. The number of carbonyl (C=O) groups is 1. The van der Waals surface area contributed by atoms with Crippen molar-refractivity contribution in [1.29, 1.82) is 0 Å². The average Bonchev–Trinajstić information content (AvgIpc) is 2.53. The SMILES string of the molecule is COc1ccc(CN(CC#CCOC(C)=O)[C@@H](C)CCl)cc1. The zero-order valence-corrected chi connectivity index (χ0v) is 14.0. The minimum atomic E-state index is -0.321. The number of nitrogens with zero attached hydrogens (tertiary/aromatic N) is 1. The highest BCUT2D eigenvalue weighted by Crippen LogP contribution is 2.14. The lowest BCUT2D eigenvalue weighted by atomic mass is 10.2. The van der Waals surface area contributed by atoms with Crippen LogP contribution < -0.4 is 4.74 Å².